The molecule has 1 aliphatic rings. The molecule has 2 rings (SSSR count). The van der Waals surface area contributed by atoms with Gasteiger partial charge < -0.3 is 5.32 Å². The molecule has 0 saturated heterocycles. The summed E-state index contributed by atoms with van der Waals surface area (Å²) >= 11 is 0. The molecule has 3 heteroatoms. The molecule has 1 saturated carbocycles. The Bertz CT molecular complexity index is 351. The van der Waals surface area contributed by atoms with E-state index in [9.17, 15) is 0 Å². The van der Waals surface area contributed by atoms with Crippen LogP contribution in [0.25, 0.3) is 0 Å². The summed E-state index contributed by atoms with van der Waals surface area (Å²) in [7, 11) is 0. The van der Waals surface area contributed by atoms with Crippen molar-refractivity contribution in [3.05, 3.63) is 23.8 Å². The molecule has 0 aliphatic heterocycles. The monoisotopic (exact) mass is 233 g/mol. The number of nitrogens with zero attached hydrogens (tertiary/aromatic N) is 2. The van der Waals surface area contributed by atoms with Crippen molar-refractivity contribution in [3.63, 3.8) is 0 Å². The zero-order valence-electron chi connectivity index (χ0n) is 10.9. The minimum Gasteiger partial charge on any atom is -0.311 e. The van der Waals surface area contributed by atoms with E-state index in [-0.39, 0.29) is 0 Å². The molecule has 1 aromatic heterocycles. The summed E-state index contributed by atoms with van der Waals surface area (Å²) < 4.78 is 0. The van der Waals surface area contributed by atoms with Crippen LogP contribution in [-0.4, -0.2) is 16.5 Å². The summed E-state index contributed by atoms with van der Waals surface area (Å²) in [4.78, 5) is 9.13. The van der Waals surface area contributed by atoms with E-state index < -0.39 is 0 Å². The molecule has 1 fully saturated rings. The highest BCUT2D eigenvalue weighted by Gasteiger charge is 2.24. The molecule has 0 aromatic carbocycles. The predicted octanol–water partition coefficient (Wildman–Crippen LogP) is 2.88. The standard InChI is InChI=1S/C14H23N3/c1-3-7-15-10-13-6-8-16-14(17-13)12-5-4-11(2)9-12/h6,8,11-12,15H,3-5,7,9-10H2,1-2H3. The van der Waals surface area contributed by atoms with Crippen LogP contribution in [0.3, 0.4) is 0 Å². The summed E-state index contributed by atoms with van der Waals surface area (Å²) in [5, 5.41) is 3.39. The second kappa shape index (κ2) is 6.10. The van der Waals surface area contributed by atoms with Crippen molar-refractivity contribution in [2.45, 2.75) is 52.0 Å². The number of hydrogen-bond donors (Lipinski definition) is 1. The molecular weight excluding hydrogens is 210 g/mol. The van der Waals surface area contributed by atoms with Crippen LogP contribution >= 0.6 is 0 Å². The normalized spacial score (nSPS) is 24.1. The molecule has 3 nitrogen and oxygen atoms in total. The van der Waals surface area contributed by atoms with Crippen molar-refractivity contribution in [2.75, 3.05) is 6.54 Å². The van der Waals surface area contributed by atoms with Gasteiger partial charge in [-0.15, -0.1) is 0 Å². The topological polar surface area (TPSA) is 37.8 Å². The summed E-state index contributed by atoms with van der Waals surface area (Å²) in [5.74, 6) is 2.49. The molecule has 0 radical (unpaired) electrons. The molecule has 17 heavy (non-hydrogen) atoms. The van der Waals surface area contributed by atoms with Gasteiger partial charge in [-0.25, -0.2) is 9.97 Å². The average molecular weight is 233 g/mol. The first-order valence-electron chi connectivity index (χ1n) is 6.82. The highest BCUT2D eigenvalue weighted by molar-refractivity contribution is 5.07. The molecular formula is C14H23N3. The van der Waals surface area contributed by atoms with Crippen molar-refractivity contribution >= 4 is 0 Å². The fraction of sp³-hybridized carbons (Fsp3) is 0.714. The van der Waals surface area contributed by atoms with E-state index in [0.29, 0.717) is 5.92 Å². The van der Waals surface area contributed by atoms with Gasteiger partial charge in [0, 0.05) is 18.7 Å². The molecule has 94 valence electrons. The van der Waals surface area contributed by atoms with Crippen LogP contribution in [-0.2, 0) is 6.54 Å². The summed E-state index contributed by atoms with van der Waals surface area (Å²) in [5.41, 5.74) is 1.13. The first kappa shape index (κ1) is 12.5. The lowest BCUT2D eigenvalue weighted by Gasteiger charge is -2.09. The molecule has 0 bridgehead atoms. The van der Waals surface area contributed by atoms with Crippen LogP contribution in [0, 0.1) is 5.92 Å². The first-order valence-corrected chi connectivity index (χ1v) is 6.82. The van der Waals surface area contributed by atoms with Gasteiger partial charge in [0.1, 0.15) is 5.82 Å². The zero-order chi connectivity index (χ0) is 12.1. The second-order valence-electron chi connectivity index (χ2n) is 5.20. The first-order chi connectivity index (χ1) is 8.29. The maximum atomic E-state index is 4.69. The Labute approximate surface area is 104 Å². The number of hydrogen-bond acceptors (Lipinski definition) is 3. The number of nitrogens with one attached hydrogen (secondary N) is 1. The minimum atomic E-state index is 0.594. The Hall–Kier alpha value is -0.960. The fourth-order valence-corrected chi connectivity index (χ4v) is 2.54. The summed E-state index contributed by atoms with van der Waals surface area (Å²) in [6.07, 6.45) is 6.91. The lowest BCUT2D eigenvalue weighted by molar-refractivity contribution is 0.581. The molecule has 1 aliphatic carbocycles. The van der Waals surface area contributed by atoms with Crippen LogP contribution in [0.2, 0.25) is 0 Å². The molecule has 2 atom stereocenters. The fourth-order valence-electron chi connectivity index (χ4n) is 2.54. The van der Waals surface area contributed by atoms with Crippen molar-refractivity contribution in [1.82, 2.24) is 15.3 Å². The minimum absolute atomic E-state index is 0.594. The van der Waals surface area contributed by atoms with E-state index in [4.69, 9.17) is 0 Å². The van der Waals surface area contributed by atoms with Crippen LogP contribution in [0.5, 0.6) is 0 Å². The highest BCUT2D eigenvalue weighted by Crippen LogP contribution is 2.36. The Morgan fingerprint density at radius 3 is 3.00 bits per heavy atom. The van der Waals surface area contributed by atoms with Crippen LogP contribution < -0.4 is 5.32 Å². The quantitative estimate of drug-likeness (QED) is 0.795. The lowest BCUT2D eigenvalue weighted by atomic mass is 10.1. The van der Waals surface area contributed by atoms with E-state index in [1.165, 1.54) is 19.3 Å². The zero-order valence-corrected chi connectivity index (χ0v) is 10.9. The van der Waals surface area contributed by atoms with Gasteiger partial charge in [0.2, 0.25) is 0 Å². The maximum absolute atomic E-state index is 4.69. The molecule has 2 unspecified atom stereocenters. The largest absolute Gasteiger partial charge is 0.311 e. The van der Waals surface area contributed by atoms with E-state index in [0.717, 1.165) is 36.9 Å². The van der Waals surface area contributed by atoms with Crippen LogP contribution in [0.15, 0.2) is 12.3 Å². The smallest absolute Gasteiger partial charge is 0.131 e. The van der Waals surface area contributed by atoms with Gasteiger partial charge in [0.05, 0.1) is 5.69 Å². The van der Waals surface area contributed by atoms with E-state index in [1.807, 2.05) is 12.3 Å². The van der Waals surface area contributed by atoms with E-state index in [2.05, 4.69) is 29.1 Å². The Morgan fingerprint density at radius 1 is 1.41 bits per heavy atom. The Balaban J connectivity index is 1.96. The van der Waals surface area contributed by atoms with Gasteiger partial charge in [-0.2, -0.15) is 0 Å². The van der Waals surface area contributed by atoms with Crippen molar-refractivity contribution in [3.8, 4) is 0 Å². The SMILES string of the molecule is CCCNCc1ccnc(C2CCC(C)C2)n1. The molecule has 1 aromatic rings. The van der Waals surface area contributed by atoms with Crippen molar-refractivity contribution in [1.29, 1.82) is 0 Å². The summed E-state index contributed by atoms with van der Waals surface area (Å²) in [6, 6.07) is 2.02. The third-order valence-electron chi connectivity index (χ3n) is 3.52. The molecule has 1 N–H and O–H groups in total. The van der Waals surface area contributed by atoms with Crippen LogP contribution in [0.1, 0.15) is 57.0 Å². The van der Waals surface area contributed by atoms with E-state index >= 15 is 0 Å². The number of aromatic nitrogens is 2. The average Bonchev–Trinajstić information content (AvgIpc) is 2.77. The molecule has 1 heterocycles. The van der Waals surface area contributed by atoms with Crippen molar-refractivity contribution in [2.24, 2.45) is 5.92 Å². The van der Waals surface area contributed by atoms with E-state index in [1.54, 1.807) is 0 Å². The highest BCUT2D eigenvalue weighted by atomic mass is 14.9. The Kier molecular flexibility index (Phi) is 4.49. The van der Waals surface area contributed by atoms with Gasteiger partial charge in [-0.05, 0) is 44.2 Å². The second-order valence-corrected chi connectivity index (χ2v) is 5.20. The van der Waals surface area contributed by atoms with Gasteiger partial charge in [-0.3, -0.25) is 0 Å². The predicted molar refractivity (Wildman–Crippen MR) is 69.8 cm³/mol. The van der Waals surface area contributed by atoms with Gasteiger partial charge >= 0.3 is 0 Å². The molecule has 0 spiro atoms. The summed E-state index contributed by atoms with van der Waals surface area (Å²) in [6.45, 7) is 6.43. The van der Waals surface area contributed by atoms with Gasteiger partial charge in [-0.1, -0.05) is 13.8 Å². The van der Waals surface area contributed by atoms with Crippen LogP contribution in [0.4, 0.5) is 0 Å². The molecule has 0 amide bonds. The third kappa shape index (κ3) is 3.50. The maximum Gasteiger partial charge on any atom is 0.131 e. The lowest BCUT2D eigenvalue weighted by Crippen LogP contribution is -2.16. The third-order valence-corrected chi connectivity index (χ3v) is 3.52. The van der Waals surface area contributed by atoms with Gasteiger partial charge in [0.15, 0.2) is 0 Å². The van der Waals surface area contributed by atoms with Crippen molar-refractivity contribution < 1.29 is 0 Å². The number of rotatable bonds is 5. The Morgan fingerprint density at radius 2 is 2.29 bits per heavy atom. The van der Waals surface area contributed by atoms with Gasteiger partial charge in [0.25, 0.3) is 0 Å².